The molecule has 1 N–H and O–H groups in total. The number of ketones is 1. The molecule has 2 aromatic rings. The number of para-hydroxylation sites is 1. The maximum atomic E-state index is 12.0. The molecule has 0 aliphatic carbocycles. The van der Waals surface area contributed by atoms with Crippen LogP contribution < -0.4 is 10.2 Å². The van der Waals surface area contributed by atoms with Gasteiger partial charge in [0.25, 0.3) is 0 Å². The maximum Gasteiger partial charge on any atom is 0.220 e. The predicted octanol–water partition coefficient (Wildman–Crippen LogP) is 3.35. The van der Waals surface area contributed by atoms with Gasteiger partial charge in [0.05, 0.1) is 4.88 Å². The molecule has 1 aromatic carbocycles. The van der Waals surface area contributed by atoms with Crippen molar-refractivity contribution in [3.63, 3.8) is 0 Å². The molecule has 1 atom stereocenters. The molecule has 1 amide bonds. The first-order valence-corrected chi connectivity index (χ1v) is 9.24. The summed E-state index contributed by atoms with van der Waals surface area (Å²) in [6.07, 6.45) is 1.64. The topological polar surface area (TPSA) is 49.4 Å². The van der Waals surface area contributed by atoms with Gasteiger partial charge in [0.2, 0.25) is 5.91 Å². The summed E-state index contributed by atoms with van der Waals surface area (Å²) in [4.78, 5) is 26.9. The predicted molar refractivity (Wildman–Crippen MR) is 97.7 cm³/mol. The van der Waals surface area contributed by atoms with Gasteiger partial charge in [-0.1, -0.05) is 24.3 Å². The molecular formula is C19H22N2O2S. The number of hydrogen-bond acceptors (Lipinski definition) is 4. The molecule has 2 heterocycles. The minimum absolute atomic E-state index is 0.0296. The molecular weight excluding hydrogens is 320 g/mol. The standard InChI is InChI=1S/C19H22N2O2S/c22-17(18-7-4-12-24-18)8-9-19(23)20-13-15-10-11-21(14-15)16-5-2-1-3-6-16/h1-7,12,15H,8-11,13-14H2,(H,20,23)/t15-/m1/s1. The Balaban J connectivity index is 1.37. The Morgan fingerprint density at radius 3 is 2.71 bits per heavy atom. The number of carbonyl (C=O) groups excluding carboxylic acids is 2. The number of hydrogen-bond donors (Lipinski definition) is 1. The van der Waals surface area contributed by atoms with Crippen molar-refractivity contribution in [2.75, 3.05) is 24.5 Å². The highest BCUT2D eigenvalue weighted by Gasteiger charge is 2.23. The van der Waals surface area contributed by atoms with Crippen LogP contribution in [0, 0.1) is 5.92 Å². The SMILES string of the molecule is O=C(CCC(=O)c1cccs1)NC[C@H]1CCN(c2ccccc2)C1. The first kappa shape index (κ1) is 16.7. The normalized spacial score (nSPS) is 17.0. The summed E-state index contributed by atoms with van der Waals surface area (Å²) >= 11 is 1.43. The van der Waals surface area contributed by atoms with Gasteiger partial charge in [0.1, 0.15) is 0 Å². The Bertz CT molecular complexity index is 670. The third kappa shape index (κ3) is 4.45. The van der Waals surface area contributed by atoms with Crippen molar-refractivity contribution < 1.29 is 9.59 Å². The van der Waals surface area contributed by atoms with E-state index in [4.69, 9.17) is 0 Å². The average Bonchev–Trinajstić information content (AvgIpc) is 3.30. The summed E-state index contributed by atoms with van der Waals surface area (Å²) in [6.45, 7) is 2.69. The van der Waals surface area contributed by atoms with E-state index in [2.05, 4.69) is 34.5 Å². The second-order valence-electron chi connectivity index (χ2n) is 6.14. The minimum Gasteiger partial charge on any atom is -0.371 e. The fraction of sp³-hybridized carbons (Fsp3) is 0.368. The zero-order chi connectivity index (χ0) is 16.8. The average molecular weight is 342 g/mol. The molecule has 4 nitrogen and oxygen atoms in total. The lowest BCUT2D eigenvalue weighted by Crippen LogP contribution is -2.31. The zero-order valence-corrected chi connectivity index (χ0v) is 14.4. The van der Waals surface area contributed by atoms with Crippen molar-refractivity contribution in [1.82, 2.24) is 5.32 Å². The van der Waals surface area contributed by atoms with Crippen LogP contribution in [0.5, 0.6) is 0 Å². The van der Waals surface area contributed by atoms with Crippen LogP contribution in [0.3, 0.4) is 0 Å². The van der Waals surface area contributed by atoms with Crippen LogP contribution in [0.2, 0.25) is 0 Å². The summed E-state index contributed by atoms with van der Waals surface area (Å²) < 4.78 is 0. The highest BCUT2D eigenvalue weighted by Crippen LogP contribution is 2.23. The van der Waals surface area contributed by atoms with Gasteiger partial charge in [-0.25, -0.2) is 0 Å². The summed E-state index contributed by atoms with van der Waals surface area (Å²) in [5.74, 6) is 0.497. The fourth-order valence-corrected chi connectivity index (χ4v) is 3.70. The Labute approximate surface area is 146 Å². The highest BCUT2D eigenvalue weighted by atomic mass is 32.1. The van der Waals surface area contributed by atoms with E-state index in [1.807, 2.05) is 23.6 Å². The van der Waals surface area contributed by atoms with E-state index in [0.29, 0.717) is 12.5 Å². The second-order valence-corrected chi connectivity index (χ2v) is 7.09. The van der Waals surface area contributed by atoms with Gasteiger partial charge >= 0.3 is 0 Å². The van der Waals surface area contributed by atoms with E-state index in [1.54, 1.807) is 0 Å². The summed E-state index contributed by atoms with van der Waals surface area (Å²) in [6, 6.07) is 14.0. The van der Waals surface area contributed by atoms with Crippen LogP contribution in [-0.2, 0) is 4.79 Å². The molecule has 0 radical (unpaired) electrons. The Kier molecular flexibility index (Phi) is 5.64. The van der Waals surface area contributed by atoms with Gasteiger partial charge in [0, 0.05) is 38.2 Å². The van der Waals surface area contributed by atoms with Crippen LogP contribution in [0.4, 0.5) is 5.69 Å². The second kappa shape index (κ2) is 8.11. The fourth-order valence-electron chi connectivity index (χ4n) is 3.01. The van der Waals surface area contributed by atoms with Gasteiger partial charge in [-0.05, 0) is 35.9 Å². The van der Waals surface area contributed by atoms with Crippen molar-refractivity contribution >= 4 is 28.7 Å². The number of nitrogens with one attached hydrogen (secondary N) is 1. The molecule has 0 unspecified atom stereocenters. The molecule has 3 rings (SSSR count). The number of benzene rings is 1. The molecule has 1 aromatic heterocycles. The molecule has 0 bridgehead atoms. The van der Waals surface area contributed by atoms with E-state index in [0.717, 1.165) is 24.4 Å². The van der Waals surface area contributed by atoms with Gasteiger partial charge in [-0.2, -0.15) is 0 Å². The zero-order valence-electron chi connectivity index (χ0n) is 13.6. The van der Waals surface area contributed by atoms with Crippen molar-refractivity contribution in [2.24, 2.45) is 5.92 Å². The molecule has 24 heavy (non-hydrogen) atoms. The van der Waals surface area contributed by atoms with Crippen LogP contribution >= 0.6 is 11.3 Å². The van der Waals surface area contributed by atoms with Gasteiger partial charge < -0.3 is 10.2 Å². The summed E-state index contributed by atoms with van der Waals surface area (Å²) in [5.41, 5.74) is 1.24. The molecule has 1 aliphatic heterocycles. The number of thiophene rings is 1. The number of carbonyl (C=O) groups is 2. The van der Waals surface area contributed by atoms with E-state index < -0.39 is 0 Å². The minimum atomic E-state index is -0.0296. The molecule has 5 heteroatoms. The van der Waals surface area contributed by atoms with E-state index in [-0.39, 0.29) is 24.5 Å². The Hall–Kier alpha value is -2.14. The Morgan fingerprint density at radius 1 is 1.12 bits per heavy atom. The third-order valence-electron chi connectivity index (χ3n) is 4.37. The Morgan fingerprint density at radius 2 is 1.96 bits per heavy atom. The van der Waals surface area contributed by atoms with E-state index >= 15 is 0 Å². The molecule has 0 saturated carbocycles. The van der Waals surface area contributed by atoms with Crippen molar-refractivity contribution in [3.8, 4) is 0 Å². The third-order valence-corrected chi connectivity index (χ3v) is 5.28. The lowest BCUT2D eigenvalue weighted by molar-refractivity contribution is -0.121. The number of Topliss-reactive ketones (excluding diaryl/α,β-unsaturated/α-hetero) is 1. The first-order valence-electron chi connectivity index (χ1n) is 8.36. The molecule has 0 spiro atoms. The van der Waals surface area contributed by atoms with Crippen molar-refractivity contribution in [2.45, 2.75) is 19.3 Å². The molecule has 126 valence electrons. The highest BCUT2D eigenvalue weighted by molar-refractivity contribution is 7.12. The maximum absolute atomic E-state index is 12.0. The van der Waals surface area contributed by atoms with Crippen molar-refractivity contribution in [1.29, 1.82) is 0 Å². The number of nitrogens with zero attached hydrogens (tertiary/aromatic N) is 1. The van der Waals surface area contributed by atoms with Crippen LogP contribution in [-0.4, -0.2) is 31.3 Å². The van der Waals surface area contributed by atoms with Crippen LogP contribution in [0.25, 0.3) is 0 Å². The van der Waals surface area contributed by atoms with Crippen LogP contribution in [0.1, 0.15) is 28.9 Å². The number of anilines is 1. The summed E-state index contributed by atoms with van der Waals surface area (Å²) in [7, 11) is 0. The molecule has 1 saturated heterocycles. The van der Waals surface area contributed by atoms with Gasteiger partial charge in [0.15, 0.2) is 5.78 Å². The van der Waals surface area contributed by atoms with Gasteiger partial charge in [-0.3, -0.25) is 9.59 Å². The largest absolute Gasteiger partial charge is 0.371 e. The quantitative estimate of drug-likeness (QED) is 0.785. The van der Waals surface area contributed by atoms with E-state index in [1.165, 1.54) is 17.0 Å². The van der Waals surface area contributed by atoms with Crippen LogP contribution in [0.15, 0.2) is 47.8 Å². The monoisotopic (exact) mass is 342 g/mol. The first-order chi connectivity index (χ1) is 11.7. The lowest BCUT2D eigenvalue weighted by Gasteiger charge is -2.18. The smallest absolute Gasteiger partial charge is 0.220 e. The molecule has 1 fully saturated rings. The van der Waals surface area contributed by atoms with Gasteiger partial charge in [-0.15, -0.1) is 11.3 Å². The number of rotatable bonds is 7. The van der Waals surface area contributed by atoms with E-state index in [9.17, 15) is 9.59 Å². The summed E-state index contributed by atoms with van der Waals surface area (Å²) in [5, 5.41) is 4.86. The molecule has 1 aliphatic rings. The number of amides is 1. The lowest BCUT2D eigenvalue weighted by atomic mass is 10.1. The van der Waals surface area contributed by atoms with Crippen molar-refractivity contribution in [3.05, 3.63) is 52.7 Å².